The van der Waals surface area contributed by atoms with Gasteiger partial charge in [-0.15, -0.1) is 0 Å². The molecule has 5 heteroatoms. The van der Waals surface area contributed by atoms with Crippen LogP contribution in [-0.2, 0) is 10.0 Å². The number of hydrogen-bond donors (Lipinski definition) is 0. The summed E-state index contributed by atoms with van der Waals surface area (Å²) >= 11 is 0. The predicted octanol–water partition coefficient (Wildman–Crippen LogP) is 2.70. The second-order valence-electron chi connectivity index (χ2n) is 6.15. The molecule has 1 heterocycles. The second kappa shape index (κ2) is 6.28. The van der Waals surface area contributed by atoms with Crippen molar-refractivity contribution in [2.75, 3.05) is 19.3 Å². The summed E-state index contributed by atoms with van der Waals surface area (Å²) in [6.45, 7) is 6.11. The molecule has 1 aromatic carbocycles. The molecule has 116 valence electrons. The number of nitrogens with zero attached hydrogens (tertiary/aromatic N) is 2. The topological polar surface area (TPSA) is 49.7 Å². The number of benzene rings is 1. The maximum atomic E-state index is 11.7. The Bertz CT molecular complexity index is 600. The largest absolute Gasteiger partial charge is 0.293 e. The molecule has 0 amide bonds. The molecule has 0 atom stereocenters. The fourth-order valence-electron chi connectivity index (χ4n) is 2.88. The Morgan fingerprint density at radius 3 is 2.19 bits per heavy atom. The molecule has 1 saturated heterocycles. The van der Waals surface area contributed by atoms with Crippen LogP contribution < -0.4 is 0 Å². The van der Waals surface area contributed by atoms with Crippen molar-refractivity contribution in [1.82, 2.24) is 4.90 Å². The van der Waals surface area contributed by atoms with Gasteiger partial charge in [-0.05, 0) is 45.3 Å². The van der Waals surface area contributed by atoms with Crippen molar-refractivity contribution in [1.29, 1.82) is 0 Å². The average Bonchev–Trinajstić information content (AvgIpc) is 2.46. The van der Waals surface area contributed by atoms with Crippen molar-refractivity contribution < 1.29 is 8.42 Å². The minimum atomic E-state index is -3.43. The summed E-state index contributed by atoms with van der Waals surface area (Å²) in [4.78, 5) is 2.34. The van der Waals surface area contributed by atoms with E-state index in [1.807, 2.05) is 30.3 Å². The molecule has 1 aliphatic rings. The summed E-state index contributed by atoms with van der Waals surface area (Å²) < 4.78 is 27.6. The maximum absolute atomic E-state index is 11.7. The Hall–Kier alpha value is -1.20. The zero-order chi connectivity index (χ0) is 15.5. The van der Waals surface area contributed by atoms with Crippen LogP contribution >= 0.6 is 0 Å². The summed E-state index contributed by atoms with van der Waals surface area (Å²) in [5.41, 5.74) is 1.11. The molecule has 0 aromatic heterocycles. The molecule has 2 rings (SSSR count). The van der Waals surface area contributed by atoms with Crippen molar-refractivity contribution in [3.63, 3.8) is 0 Å². The van der Waals surface area contributed by atoms with E-state index < -0.39 is 15.6 Å². The van der Waals surface area contributed by atoms with Gasteiger partial charge < -0.3 is 0 Å². The van der Waals surface area contributed by atoms with Crippen LogP contribution in [0.5, 0.6) is 0 Å². The zero-order valence-electron chi connectivity index (χ0n) is 13.0. The molecule has 0 radical (unpaired) electrons. The summed E-state index contributed by atoms with van der Waals surface area (Å²) in [6.07, 6.45) is 4.72. The lowest BCUT2D eigenvalue weighted by atomic mass is 9.89. The van der Waals surface area contributed by atoms with E-state index in [1.165, 1.54) is 6.42 Å². The maximum Gasteiger partial charge on any atom is 0.250 e. The van der Waals surface area contributed by atoms with Gasteiger partial charge in [0.1, 0.15) is 0 Å². The van der Waals surface area contributed by atoms with E-state index in [0.717, 1.165) is 37.8 Å². The monoisotopic (exact) mass is 308 g/mol. The minimum absolute atomic E-state index is 0.398. The normalized spacial score (nSPS) is 18.7. The summed E-state index contributed by atoms with van der Waals surface area (Å²) in [7, 11) is -3.43. The van der Waals surface area contributed by atoms with Gasteiger partial charge >= 0.3 is 0 Å². The lowest BCUT2D eigenvalue weighted by Gasteiger charge is -2.41. The Morgan fingerprint density at radius 2 is 1.67 bits per heavy atom. The Labute approximate surface area is 127 Å². The SMILES string of the molecule is CC(C)(C(=NS(C)(=O)=O)c1ccccc1)N1CCCCC1. The van der Waals surface area contributed by atoms with Crippen LogP contribution in [0.2, 0.25) is 0 Å². The lowest BCUT2D eigenvalue weighted by Crippen LogP contribution is -2.52. The van der Waals surface area contributed by atoms with Crippen molar-refractivity contribution in [2.24, 2.45) is 4.40 Å². The first kappa shape index (κ1) is 16.2. The quantitative estimate of drug-likeness (QED) is 0.804. The molecule has 1 aromatic rings. The van der Waals surface area contributed by atoms with Crippen LogP contribution in [-0.4, -0.2) is 43.9 Å². The molecule has 0 unspecified atom stereocenters. The van der Waals surface area contributed by atoms with Gasteiger partial charge in [0.25, 0.3) is 10.0 Å². The molecule has 1 aliphatic heterocycles. The van der Waals surface area contributed by atoms with E-state index in [1.54, 1.807) is 0 Å². The highest BCUT2D eigenvalue weighted by molar-refractivity contribution is 7.89. The fourth-order valence-corrected chi connectivity index (χ4v) is 3.54. The van der Waals surface area contributed by atoms with Gasteiger partial charge in [-0.2, -0.15) is 4.40 Å². The van der Waals surface area contributed by atoms with E-state index in [9.17, 15) is 8.42 Å². The van der Waals surface area contributed by atoms with Crippen molar-refractivity contribution in [3.8, 4) is 0 Å². The first-order valence-electron chi connectivity index (χ1n) is 7.41. The number of likely N-dealkylation sites (tertiary alicyclic amines) is 1. The molecule has 0 saturated carbocycles. The van der Waals surface area contributed by atoms with Crippen LogP contribution in [0.4, 0.5) is 0 Å². The zero-order valence-corrected chi connectivity index (χ0v) is 13.9. The smallest absolute Gasteiger partial charge is 0.250 e. The predicted molar refractivity (Wildman–Crippen MR) is 87.3 cm³/mol. The first-order chi connectivity index (χ1) is 9.81. The van der Waals surface area contributed by atoms with Gasteiger partial charge in [0, 0.05) is 0 Å². The van der Waals surface area contributed by atoms with Gasteiger partial charge in [0.15, 0.2) is 0 Å². The summed E-state index contributed by atoms with van der Waals surface area (Å²) in [5.74, 6) is 0. The Morgan fingerprint density at radius 1 is 1.10 bits per heavy atom. The third-order valence-corrected chi connectivity index (χ3v) is 4.54. The summed E-state index contributed by atoms with van der Waals surface area (Å²) in [5, 5.41) is 0. The van der Waals surface area contributed by atoms with Crippen LogP contribution in [0.3, 0.4) is 0 Å². The van der Waals surface area contributed by atoms with Gasteiger partial charge in [-0.1, -0.05) is 36.8 Å². The van der Waals surface area contributed by atoms with Crippen LogP contribution in [0.15, 0.2) is 34.7 Å². The molecule has 0 spiro atoms. The standard InChI is InChI=1S/C16H24N2O2S/c1-16(2,18-12-8-5-9-13-18)15(17-21(3,19)20)14-10-6-4-7-11-14/h4,6-7,10-11H,5,8-9,12-13H2,1-3H3. The molecule has 0 bridgehead atoms. The number of hydrogen-bond acceptors (Lipinski definition) is 3. The van der Waals surface area contributed by atoms with Crippen LogP contribution in [0.25, 0.3) is 0 Å². The number of piperidine rings is 1. The average molecular weight is 308 g/mol. The molecular formula is C16H24N2O2S. The highest BCUT2D eigenvalue weighted by Gasteiger charge is 2.34. The Balaban J connectivity index is 2.46. The van der Waals surface area contributed by atoms with Gasteiger partial charge in [0.05, 0.1) is 17.5 Å². The van der Waals surface area contributed by atoms with Crippen LogP contribution in [0, 0.1) is 0 Å². The van der Waals surface area contributed by atoms with Gasteiger partial charge in [-0.3, -0.25) is 4.90 Å². The summed E-state index contributed by atoms with van der Waals surface area (Å²) in [6, 6.07) is 9.61. The molecule has 1 fully saturated rings. The van der Waals surface area contributed by atoms with Gasteiger partial charge in [-0.25, -0.2) is 8.42 Å². The number of sulfonamides is 1. The second-order valence-corrected chi connectivity index (χ2v) is 7.79. The van der Waals surface area contributed by atoms with E-state index in [4.69, 9.17) is 0 Å². The van der Waals surface area contributed by atoms with Crippen molar-refractivity contribution >= 4 is 15.7 Å². The third-order valence-electron chi connectivity index (χ3n) is 4.03. The molecule has 0 aliphatic carbocycles. The molecular weight excluding hydrogens is 284 g/mol. The highest BCUT2D eigenvalue weighted by atomic mass is 32.2. The van der Waals surface area contributed by atoms with Gasteiger partial charge in [0.2, 0.25) is 0 Å². The Kier molecular flexibility index (Phi) is 4.84. The van der Waals surface area contributed by atoms with E-state index in [-0.39, 0.29) is 0 Å². The highest BCUT2D eigenvalue weighted by Crippen LogP contribution is 2.26. The fraction of sp³-hybridized carbons (Fsp3) is 0.562. The molecule has 0 N–H and O–H groups in total. The number of rotatable bonds is 4. The minimum Gasteiger partial charge on any atom is -0.293 e. The van der Waals surface area contributed by atoms with Crippen LogP contribution in [0.1, 0.15) is 38.7 Å². The van der Waals surface area contributed by atoms with E-state index in [0.29, 0.717) is 5.71 Å². The molecule has 4 nitrogen and oxygen atoms in total. The molecule has 21 heavy (non-hydrogen) atoms. The third kappa shape index (κ3) is 4.14. The first-order valence-corrected chi connectivity index (χ1v) is 9.26. The van der Waals surface area contributed by atoms with Crippen molar-refractivity contribution in [2.45, 2.75) is 38.6 Å². The van der Waals surface area contributed by atoms with E-state index in [2.05, 4.69) is 23.1 Å². The van der Waals surface area contributed by atoms with E-state index >= 15 is 0 Å². The lowest BCUT2D eigenvalue weighted by molar-refractivity contribution is 0.147. The van der Waals surface area contributed by atoms with Crippen molar-refractivity contribution in [3.05, 3.63) is 35.9 Å².